The minimum absolute atomic E-state index is 0.205. The van der Waals surface area contributed by atoms with Gasteiger partial charge >= 0.3 is 0 Å². The smallest absolute Gasteiger partial charge is 0.244 e. The predicted molar refractivity (Wildman–Crippen MR) is 68.1 cm³/mol. The molecule has 2 N–H and O–H groups in total. The van der Waals surface area contributed by atoms with Gasteiger partial charge in [-0.05, 0) is 19.9 Å². The highest BCUT2D eigenvalue weighted by molar-refractivity contribution is 7.89. The number of ether oxygens (including phenoxy) is 1. The third-order valence-corrected chi connectivity index (χ3v) is 3.93. The molecular formula is C11H20N2O4S. The van der Waals surface area contributed by atoms with Crippen LogP contribution in [0.2, 0.25) is 0 Å². The lowest BCUT2D eigenvalue weighted by Gasteiger charge is -2.06. The summed E-state index contributed by atoms with van der Waals surface area (Å²) in [4.78, 5) is 0.205. The van der Waals surface area contributed by atoms with Crippen molar-refractivity contribution in [1.82, 2.24) is 10.0 Å². The maximum Gasteiger partial charge on any atom is 0.244 e. The Morgan fingerprint density at radius 3 is 2.56 bits per heavy atom. The zero-order chi connectivity index (χ0) is 13.6. The third-order valence-electron chi connectivity index (χ3n) is 2.36. The fourth-order valence-electron chi connectivity index (χ4n) is 1.53. The van der Waals surface area contributed by atoms with Gasteiger partial charge in [0.1, 0.15) is 16.4 Å². The molecule has 1 aromatic rings. The van der Waals surface area contributed by atoms with Crippen LogP contribution < -0.4 is 10.0 Å². The van der Waals surface area contributed by atoms with Crippen molar-refractivity contribution in [3.63, 3.8) is 0 Å². The van der Waals surface area contributed by atoms with E-state index in [9.17, 15) is 8.42 Å². The zero-order valence-electron chi connectivity index (χ0n) is 10.9. The molecule has 1 aromatic heterocycles. The van der Waals surface area contributed by atoms with Crippen molar-refractivity contribution in [3.8, 4) is 0 Å². The molecule has 0 aromatic carbocycles. The second-order valence-electron chi connectivity index (χ2n) is 3.92. The van der Waals surface area contributed by atoms with Gasteiger partial charge in [-0.15, -0.1) is 0 Å². The number of aryl methyl sites for hydroxylation is 2. The zero-order valence-corrected chi connectivity index (χ0v) is 11.8. The quantitative estimate of drug-likeness (QED) is 0.672. The number of sulfonamides is 1. The Morgan fingerprint density at radius 1 is 1.28 bits per heavy atom. The van der Waals surface area contributed by atoms with Gasteiger partial charge in [0, 0.05) is 26.7 Å². The van der Waals surface area contributed by atoms with Crippen molar-refractivity contribution in [2.75, 3.05) is 33.4 Å². The standard InChI is InChI=1S/C11H20N2O4S/c1-9-8-11(10(2)17-9)18(14,15)13-5-4-12-6-7-16-3/h8,12-13H,4-7H2,1-3H3. The summed E-state index contributed by atoms with van der Waals surface area (Å²) in [6, 6.07) is 1.52. The summed E-state index contributed by atoms with van der Waals surface area (Å²) in [7, 11) is -1.86. The van der Waals surface area contributed by atoms with E-state index in [4.69, 9.17) is 9.15 Å². The average Bonchev–Trinajstić information content (AvgIpc) is 2.63. The lowest BCUT2D eigenvalue weighted by molar-refractivity contribution is 0.199. The van der Waals surface area contributed by atoms with Crippen LogP contribution in [0.25, 0.3) is 0 Å². The Kier molecular flexibility index (Phi) is 5.80. The number of nitrogens with one attached hydrogen (secondary N) is 2. The summed E-state index contributed by atoms with van der Waals surface area (Å²) in [5, 5.41) is 3.05. The van der Waals surface area contributed by atoms with E-state index in [-0.39, 0.29) is 4.90 Å². The van der Waals surface area contributed by atoms with Crippen molar-refractivity contribution >= 4 is 10.0 Å². The number of methoxy groups -OCH3 is 1. The molecular weight excluding hydrogens is 256 g/mol. The SMILES string of the molecule is COCCNCCNS(=O)(=O)c1cc(C)oc1C. The van der Waals surface area contributed by atoms with E-state index in [2.05, 4.69) is 10.0 Å². The van der Waals surface area contributed by atoms with Crippen LogP contribution in [0.3, 0.4) is 0 Å². The van der Waals surface area contributed by atoms with Crippen molar-refractivity contribution < 1.29 is 17.6 Å². The summed E-state index contributed by atoms with van der Waals surface area (Å²) in [6.07, 6.45) is 0. The first-order chi connectivity index (χ1) is 8.47. The molecule has 0 unspecified atom stereocenters. The van der Waals surface area contributed by atoms with E-state index < -0.39 is 10.0 Å². The number of furan rings is 1. The lowest BCUT2D eigenvalue weighted by Crippen LogP contribution is -2.33. The summed E-state index contributed by atoms with van der Waals surface area (Å²) in [5.74, 6) is 0.999. The van der Waals surface area contributed by atoms with Gasteiger partial charge < -0.3 is 14.5 Å². The van der Waals surface area contributed by atoms with Gasteiger partial charge in [0.25, 0.3) is 0 Å². The molecule has 7 heteroatoms. The molecule has 1 rings (SSSR count). The fourth-order valence-corrected chi connectivity index (χ4v) is 2.79. The summed E-state index contributed by atoms with van der Waals surface area (Å²) in [5.41, 5.74) is 0. The number of hydrogen-bond donors (Lipinski definition) is 2. The summed E-state index contributed by atoms with van der Waals surface area (Å²) >= 11 is 0. The molecule has 0 atom stereocenters. The summed E-state index contributed by atoms with van der Waals surface area (Å²) in [6.45, 7) is 5.54. The average molecular weight is 276 g/mol. The predicted octanol–water partition coefficient (Wildman–Crippen LogP) is 0.411. The molecule has 0 aliphatic rings. The Balaban J connectivity index is 2.43. The van der Waals surface area contributed by atoms with Crippen molar-refractivity contribution in [3.05, 3.63) is 17.6 Å². The molecule has 0 aliphatic heterocycles. The minimum Gasteiger partial charge on any atom is -0.465 e. The third kappa shape index (κ3) is 4.41. The first-order valence-electron chi connectivity index (χ1n) is 5.73. The lowest BCUT2D eigenvalue weighted by atomic mass is 10.4. The Labute approximate surface area is 108 Å². The van der Waals surface area contributed by atoms with Gasteiger partial charge in [-0.1, -0.05) is 0 Å². The molecule has 0 saturated carbocycles. The van der Waals surface area contributed by atoms with E-state index in [0.717, 1.165) is 0 Å². The van der Waals surface area contributed by atoms with Crippen LogP contribution in [-0.4, -0.2) is 41.8 Å². The maximum atomic E-state index is 11.9. The van der Waals surface area contributed by atoms with E-state index in [1.807, 2.05) is 0 Å². The first kappa shape index (κ1) is 15.2. The normalized spacial score (nSPS) is 11.9. The van der Waals surface area contributed by atoms with E-state index in [1.165, 1.54) is 6.07 Å². The monoisotopic (exact) mass is 276 g/mol. The van der Waals surface area contributed by atoms with Crippen LogP contribution in [0.5, 0.6) is 0 Å². The topological polar surface area (TPSA) is 80.6 Å². The molecule has 0 radical (unpaired) electrons. The Bertz CT molecular complexity index is 467. The van der Waals surface area contributed by atoms with Crippen LogP contribution in [0.4, 0.5) is 0 Å². The van der Waals surface area contributed by atoms with Crippen molar-refractivity contribution in [2.24, 2.45) is 0 Å². The fraction of sp³-hybridized carbons (Fsp3) is 0.636. The Morgan fingerprint density at radius 2 is 2.00 bits per heavy atom. The van der Waals surface area contributed by atoms with Gasteiger partial charge in [-0.2, -0.15) is 0 Å². The van der Waals surface area contributed by atoms with Crippen LogP contribution in [0.1, 0.15) is 11.5 Å². The highest BCUT2D eigenvalue weighted by Gasteiger charge is 2.19. The largest absolute Gasteiger partial charge is 0.465 e. The van der Waals surface area contributed by atoms with Gasteiger partial charge in [-0.3, -0.25) is 0 Å². The molecule has 0 spiro atoms. The molecule has 0 aliphatic carbocycles. The van der Waals surface area contributed by atoms with Crippen LogP contribution >= 0.6 is 0 Å². The molecule has 6 nitrogen and oxygen atoms in total. The molecule has 0 amide bonds. The molecule has 1 heterocycles. The number of hydrogen-bond acceptors (Lipinski definition) is 5. The number of rotatable bonds is 8. The molecule has 104 valence electrons. The molecule has 0 saturated heterocycles. The van der Waals surface area contributed by atoms with E-state index in [1.54, 1.807) is 21.0 Å². The van der Waals surface area contributed by atoms with E-state index >= 15 is 0 Å². The second-order valence-corrected chi connectivity index (χ2v) is 5.65. The van der Waals surface area contributed by atoms with Crippen LogP contribution in [0, 0.1) is 13.8 Å². The molecule has 0 fully saturated rings. The summed E-state index contributed by atoms with van der Waals surface area (Å²) < 4.78 is 36.5. The van der Waals surface area contributed by atoms with Crippen LogP contribution in [-0.2, 0) is 14.8 Å². The highest BCUT2D eigenvalue weighted by atomic mass is 32.2. The second kappa shape index (κ2) is 6.89. The van der Waals surface area contributed by atoms with Gasteiger partial charge in [0.15, 0.2) is 0 Å². The maximum absolute atomic E-state index is 11.9. The minimum atomic E-state index is -3.48. The van der Waals surface area contributed by atoms with Crippen LogP contribution in [0.15, 0.2) is 15.4 Å². The van der Waals surface area contributed by atoms with Gasteiger partial charge in [-0.25, -0.2) is 13.1 Å². The highest BCUT2D eigenvalue weighted by Crippen LogP contribution is 2.18. The first-order valence-corrected chi connectivity index (χ1v) is 7.22. The molecule has 0 bridgehead atoms. The van der Waals surface area contributed by atoms with Gasteiger partial charge in [0.05, 0.1) is 6.61 Å². The van der Waals surface area contributed by atoms with Gasteiger partial charge in [0.2, 0.25) is 10.0 Å². The Hall–Kier alpha value is -0.890. The van der Waals surface area contributed by atoms with Crippen molar-refractivity contribution in [1.29, 1.82) is 0 Å². The molecule has 18 heavy (non-hydrogen) atoms. The van der Waals surface area contributed by atoms with E-state index in [0.29, 0.717) is 37.8 Å². The van der Waals surface area contributed by atoms with Crippen molar-refractivity contribution in [2.45, 2.75) is 18.7 Å².